The summed E-state index contributed by atoms with van der Waals surface area (Å²) in [5, 5.41) is 9.38. The first-order valence-corrected chi connectivity index (χ1v) is 15.4. The van der Waals surface area contributed by atoms with Crippen molar-refractivity contribution < 1.29 is 4.42 Å². The molecule has 1 aromatic heterocycles. The highest BCUT2D eigenvalue weighted by Crippen LogP contribution is 2.38. The van der Waals surface area contributed by atoms with Crippen LogP contribution in [0.3, 0.4) is 0 Å². The van der Waals surface area contributed by atoms with E-state index in [9.17, 15) is 0 Å². The molecule has 1 aliphatic rings. The standard InChI is InChI=1S/C42H28N2O/c1-26-23-37(30-22-21-27-11-2-3-12-28(27)24-30)43-42(35-18-10-20-39-40(35)34-17-8-9-19-38(34)45-39)44-41(26)36-25-29-13-4-5-14-31(29)32-15-6-7-16-33(32)36/h2-22,24-25H,23H2,1H3. The summed E-state index contributed by atoms with van der Waals surface area (Å²) >= 11 is 0. The van der Waals surface area contributed by atoms with Crippen molar-refractivity contribution in [3.05, 3.63) is 162 Å². The molecule has 3 nitrogen and oxygen atoms in total. The summed E-state index contributed by atoms with van der Waals surface area (Å²) < 4.78 is 6.30. The molecular weight excluding hydrogens is 548 g/mol. The molecule has 0 spiro atoms. The Morgan fingerprint density at radius 3 is 2.07 bits per heavy atom. The van der Waals surface area contributed by atoms with Gasteiger partial charge in [0.1, 0.15) is 11.2 Å². The number of hydrogen-bond acceptors (Lipinski definition) is 3. The zero-order chi connectivity index (χ0) is 29.9. The molecule has 0 amide bonds. The third kappa shape index (κ3) is 4.20. The molecule has 0 aliphatic carbocycles. The molecule has 8 aromatic rings. The van der Waals surface area contributed by atoms with Gasteiger partial charge in [0, 0.05) is 28.3 Å². The van der Waals surface area contributed by atoms with Crippen molar-refractivity contribution in [1.29, 1.82) is 0 Å². The van der Waals surface area contributed by atoms with E-state index in [0.29, 0.717) is 12.3 Å². The van der Waals surface area contributed by atoms with Crippen molar-refractivity contribution in [3.63, 3.8) is 0 Å². The van der Waals surface area contributed by atoms with E-state index in [0.717, 1.165) is 50.0 Å². The molecule has 0 saturated heterocycles. The van der Waals surface area contributed by atoms with E-state index in [1.165, 1.54) is 37.9 Å². The largest absolute Gasteiger partial charge is 0.456 e. The van der Waals surface area contributed by atoms with Gasteiger partial charge in [-0.15, -0.1) is 0 Å². The molecule has 1 aliphatic heterocycles. The summed E-state index contributed by atoms with van der Waals surface area (Å²) in [5.74, 6) is 0.694. The summed E-state index contributed by atoms with van der Waals surface area (Å²) in [4.78, 5) is 10.9. The smallest absolute Gasteiger partial charge is 0.160 e. The summed E-state index contributed by atoms with van der Waals surface area (Å²) in [6.07, 6.45) is 0.684. The van der Waals surface area contributed by atoms with Gasteiger partial charge in [0.2, 0.25) is 0 Å². The van der Waals surface area contributed by atoms with Crippen LogP contribution in [0.5, 0.6) is 0 Å². The van der Waals surface area contributed by atoms with Gasteiger partial charge in [-0.1, -0.05) is 115 Å². The zero-order valence-corrected chi connectivity index (χ0v) is 24.8. The van der Waals surface area contributed by atoms with E-state index in [4.69, 9.17) is 14.4 Å². The number of benzene rings is 7. The Morgan fingerprint density at radius 2 is 1.20 bits per heavy atom. The average molecular weight is 577 g/mol. The fraction of sp³-hybridized carbons (Fsp3) is 0.0476. The first-order valence-electron chi connectivity index (χ1n) is 15.4. The zero-order valence-electron chi connectivity index (χ0n) is 24.8. The normalized spacial score (nSPS) is 14.0. The number of allylic oxidation sites excluding steroid dienone is 1. The Kier molecular flexibility index (Phi) is 5.79. The first kappa shape index (κ1) is 25.7. The SMILES string of the molecule is CC1=C(c2cc3ccccc3c3ccccc23)N=C(c2cccc3oc4ccccc4c23)N=C(c2ccc3ccccc3c2)C1. The third-order valence-electron chi connectivity index (χ3n) is 9.04. The second-order valence-corrected chi connectivity index (χ2v) is 11.8. The van der Waals surface area contributed by atoms with E-state index < -0.39 is 0 Å². The molecule has 3 heteroatoms. The highest BCUT2D eigenvalue weighted by molar-refractivity contribution is 6.24. The molecule has 212 valence electrons. The first-order chi connectivity index (χ1) is 22.2. The van der Waals surface area contributed by atoms with Crippen molar-refractivity contribution in [3.8, 4) is 0 Å². The van der Waals surface area contributed by atoms with Crippen LogP contribution < -0.4 is 0 Å². The highest BCUT2D eigenvalue weighted by Gasteiger charge is 2.22. The Labute approximate surface area is 260 Å². The van der Waals surface area contributed by atoms with E-state index in [-0.39, 0.29) is 0 Å². The molecule has 0 saturated carbocycles. The van der Waals surface area contributed by atoms with E-state index in [1.807, 2.05) is 24.3 Å². The van der Waals surface area contributed by atoms with Gasteiger partial charge >= 0.3 is 0 Å². The lowest BCUT2D eigenvalue weighted by Crippen LogP contribution is -2.06. The summed E-state index contributed by atoms with van der Waals surface area (Å²) in [6.45, 7) is 2.20. The molecule has 0 unspecified atom stereocenters. The quantitative estimate of drug-likeness (QED) is 0.193. The van der Waals surface area contributed by atoms with Crippen molar-refractivity contribution in [2.75, 3.05) is 0 Å². The van der Waals surface area contributed by atoms with Gasteiger partial charge in [-0.3, -0.25) is 0 Å². The minimum Gasteiger partial charge on any atom is -0.456 e. The van der Waals surface area contributed by atoms with Crippen LogP contribution in [-0.4, -0.2) is 11.5 Å². The maximum Gasteiger partial charge on any atom is 0.160 e. The lowest BCUT2D eigenvalue weighted by molar-refractivity contribution is 0.669. The number of para-hydroxylation sites is 1. The molecule has 0 fully saturated rings. The molecule has 2 heterocycles. The molecule has 0 bridgehead atoms. The lowest BCUT2D eigenvalue weighted by atomic mass is 9.92. The van der Waals surface area contributed by atoms with Crippen LogP contribution in [-0.2, 0) is 0 Å². The number of hydrogen-bond donors (Lipinski definition) is 0. The number of nitrogens with zero attached hydrogens (tertiary/aromatic N) is 2. The van der Waals surface area contributed by atoms with Gasteiger partial charge in [0.15, 0.2) is 5.84 Å². The Balaban J connectivity index is 1.34. The van der Waals surface area contributed by atoms with Crippen LogP contribution >= 0.6 is 0 Å². The third-order valence-corrected chi connectivity index (χ3v) is 9.04. The van der Waals surface area contributed by atoms with Gasteiger partial charge in [-0.05, 0) is 74.6 Å². The number of fused-ring (bicyclic) bond motifs is 7. The van der Waals surface area contributed by atoms with E-state index >= 15 is 0 Å². The van der Waals surface area contributed by atoms with Crippen LogP contribution in [0.25, 0.3) is 60.0 Å². The fourth-order valence-electron chi connectivity index (χ4n) is 6.89. The fourth-order valence-corrected chi connectivity index (χ4v) is 6.89. The summed E-state index contributed by atoms with van der Waals surface area (Å²) in [6, 6.07) is 49.1. The predicted octanol–water partition coefficient (Wildman–Crippen LogP) is 11.1. The minimum absolute atomic E-state index is 0.684. The maximum absolute atomic E-state index is 6.30. The van der Waals surface area contributed by atoms with Crippen molar-refractivity contribution in [1.82, 2.24) is 0 Å². The topological polar surface area (TPSA) is 37.9 Å². The summed E-state index contributed by atoms with van der Waals surface area (Å²) in [7, 11) is 0. The molecule has 9 rings (SSSR count). The van der Waals surface area contributed by atoms with Gasteiger partial charge in [-0.25, -0.2) is 9.98 Å². The van der Waals surface area contributed by atoms with Gasteiger partial charge < -0.3 is 4.42 Å². The second kappa shape index (κ2) is 10.1. The summed E-state index contributed by atoms with van der Waals surface area (Å²) in [5.41, 5.74) is 8.04. The lowest BCUT2D eigenvalue weighted by Gasteiger charge is -2.14. The Bertz CT molecular complexity index is 2580. The van der Waals surface area contributed by atoms with Crippen molar-refractivity contribution >= 4 is 71.5 Å². The van der Waals surface area contributed by atoms with E-state index in [1.54, 1.807) is 0 Å². The van der Waals surface area contributed by atoms with Crippen LogP contribution in [0.15, 0.2) is 160 Å². The van der Waals surface area contributed by atoms with Gasteiger partial charge in [0.25, 0.3) is 0 Å². The molecule has 0 N–H and O–H groups in total. The van der Waals surface area contributed by atoms with E-state index in [2.05, 4.69) is 122 Å². The van der Waals surface area contributed by atoms with Crippen molar-refractivity contribution in [2.45, 2.75) is 13.3 Å². The molecule has 0 atom stereocenters. The number of furan rings is 1. The number of rotatable bonds is 3. The minimum atomic E-state index is 0.684. The van der Waals surface area contributed by atoms with Gasteiger partial charge in [0.05, 0.1) is 11.4 Å². The monoisotopic (exact) mass is 576 g/mol. The highest BCUT2D eigenvalue weighted by atomic mass is 16.3. The number of amidine groups is 1. The maximum atomic E-state index is 6.30. The second-order valence-electron chi connectivity index (χ2n) is 11.8. The van der Waals surface area contributed by atoms with Gasteiger partial charge in [-0.2, -0.15) is 0 Å². The van der Waals surface area contributed by atoms with Crippen LogP contribution in [0.2, 0.25) is 0 Å². The predicted molar refractivity (Wildman–Crippen MR) is 189 cm³/mol. The number of aliphatic imine (C=N–C) groups is 2. The Hall–Kier alpha value is -5.80. The molecule has 45 heavy (non-hydrogen) atoms. The Morgan fingerprint density at radius 1 is 0.511 bits per heavy atom. The average Bonchev–Trinajstić information content (AvgIpc) is 3.39. The van der Waals surface area contributed by atoms with Crippen molar-refractivity contribution in [2.24, 2.45) is 9.98 Å². The van der Waals surface area contributed by atoms with Crippen LogP contribution in [0.1, 0.15) is 30.0 Å². The molecule has 0 radical (unpaired) electrons. The molecular formula is C42H28N2O. The molecule has 7 aromatic carbocycles. The van der Waals surface area contributed by atoms with Crippen LogP contribution in [0.4, 0.5) is 0 Å². The van der Waals surface area contributed by atoms with Crippen LogP contribution in [0, 0.1) is 0 Å².